The third-order valence-corrected chi connectivity index (χ3v) is 4.16. The van der Waals surface area contributed by atoms with Crippen LogP contribution in [-0.2, 0) is 25.7 Å². The Morgan fingerprint density at radius 1 is 1.29 bits per heavy atom. The highest BCUT2D eigenvalue weighted by Crippen LogP contribution is 2.17. The summed E-state index contributed by atoms with van der Waals surface area (Å²) in [6.07, 6.45) is 2.98. The number of anilines is 1. The zero-order chi connectivity index (χ0) is 20.7. The van der Waals surface area contributed by atoms with Gasteiger partial charge >= 0.3 is 5.97 Å². The van der Waals surface area contributed by atoms with Gasteiger partial charge in [-0.1, -0.05) is 6.07 Å². The molecule has 1 aromatic heterocycles. The highest BCUT2D eigenvalue weighted by Gasteiger charge is 2.33. The first-order chi connectivity index (χ1) is 13.2. The second-order valence-corrected chi connectivity index (χ2v) is 7.74. The van der Waals surface area contributed by atoms with E-state index in [9.17, 15) is 14.4 Å². The predicted octanol–water partition coefficient (Wildman–Crippen LogP) is 0.202. The van der Waals surface area contributed by atoms with Crippen LogP contribution >= 0.6 is 0 Å². The van der Waals surface area contributed by atoms with Gasteiger partial charge < -0.3 is 20.7 Å². The predicted molar refractivity (Wildman–Crippen MR) is 104 cm³/mol. The maximum atomic E-state index is 12.5. The van der Waals surface area contributed by atoms with E-state index >= 15 is 0 Å². The third kappa shape index (κ3) is 6.80. The van der Waals surface area contributed by atoms with Crippen molar-refractivity contribution in [3.63, 3.8) is 0 Å². The molecular formula is C19H29N5O4. The fourth-order valence-electron chi connectivity index (χ4n) is 2.94. The van der Waals surface area contributed by atoms with Crippen molar-refractivity contribution in [2.45, 2.75) is 51.8 Å². The Labute approximate surface area is 165 Å². The van der Waals surface area contributed by atoms with Gasteiger partial charge in [0.25, 0.3) is 0 Å². The molecule has 2 heterocycles. The number of nitrogen functional groups attached to an aromatic ring is 1. The van der Waals surface area contributed by atoms with Crippen molar-refractivity contribution in [1.82, 2.24) is 20.5 Å². The minimum absolute atomic E-state index is 0.0229. The molecule has 1 aliphatic rings. The van der Waals surface area contributed by atoms with E-state index < -0.39 is 17.6 Å². The van der Waals surface area contributed by atoms with Gasteiger partial charge in [0.15, 0.2) is 0 Å². The molecule has 1 atom stereocenters. The quantitative estimate of drug-likeness (QED) is 0.567. The molecule has 1 saturated heterocycles. The molecule has 0 spiro atoms. The van der Waals surface area contributed by atoms with Gasteiger partial charge in [-0.05, 0) is 45.2 Å². The summed E-state index contributed by atoms with van der Waals surface area (Å²) in [5.74, 6) is -0.417. The van der Waals surface area contributed by atoms with Gasteiger partial charge in [0.2, 0.25) is 11.8 Å². The van der Waals surface area contributed by atoms with E-state index in [1.54, 1.807) is 44.0 Å². The molecule has 0 bridgehead atoms. The van der Waals surface area contributed by atoms with Crippen molar-refractivity contribution in [3.8, 4) is 0 Å². The van der Waals surface area contributed by atoms with Crippen LogP contribution in [0.1, 0.15) is 39.2 Å². The summed E-state index contributed by atoms with van der Waals surface area (Å²) >= 11 is 0. The Bertz CT molecular complexity index is 699. The van der Waals surface area contributed by atoms with E-state index in [1.165, 1.54) is 0 Å². The average molecular weight is 391 g/mol. The third-order valence-electron chi connectivity index (χ3n) is 4.16. The number of aromatic nitrogens is 1. The van der Waals surface area contributed by atoms with Gasteiger partial charge in [-0.2, -0.15) is 0 Å². The molecule has 9 nitrogen and oxygen atoms in total. The van der Waals surface area contributed by atoms with Gasteiger partial charge in [-0.15, -0.1) is 0 Å². The van der Waals surface area contributed by atoms with Crippen molar-refractivity contribution < 1.29 is 19.1 Å². The Morgan fingerprint density at radius 3 is 2.68 bits per heavy atom. The van der Waals surface area contributed by atoms with Gasteiger partial charge in [0.1, 0.15) is 17.5 Å². The lowest BCUT2D eigenvalue weighted by Gasteiger charge is -2.24. The zero-order valence-electron chi connectivity index (χ0n) is 16.7. The van der Waals surface area contributed by atoms with Gasteiger partial charge in [-0.25, -0.2) is 4.98 Å². The van der Waals surface area contributed by atoms with Crippen LogP contribution in [0.2, 0.25) is 0 Å². The number of pyridine rings is 1. The second kappa shape index (κ2) is 9.50. The number of hydrogen-bond acceptors (Lipinski definition) is 7. The summed E-state index contributed by atoms with van der Waals surface area (Å²) in [5, 5.41) is 5.63. The van der Waals surface area contributed by atoms with E-state index in [0.29, 0.717) is 25.3 Å². The number of nitrogens with one attached hydrogen (secondary N) is 2. The van der Waals surface area contributed by atoms with Crippen molar-refractivity contribution >= 4 is 23.6 Å². The maximum absolute atomic E-state index is 12.5. The SMILES string of the molecule is CC(C)(C)OC(=O)CNCC(=O)N1CCCC1C(=O)NCc1ccc(N)nc1. The molecule has 1 unspecified atom stereocenters. The fourth-order valence-corrected chi connectivity index (χ4v) is 2.94. The summed E-state index contributed by atoms with van der Waals surface area (Å²) in [6, 6.07) is 2.96. The lowest BCUT2D eigenvalue weighted by atomic mass is 10.2. The number of rotatable bonds is 7. The highest BCUT2D eigenvalue weighted by molar-refractivity contribution is 5.89. The number of ether oxygens (including phenoxy) is 1. The molecule has 9 heteroatoms. The van der Waals surface area contributed by atoms with E-state index in [2.05, 4.69) is 15.6 Å². The standard InChI is InChI=1S/C19H29N5O4/c1-19(2,3)28-17(26)12-21-11-16(25)24-8-4-5-14(24)18(27)23-10-13-6-7-15(20)22-9-13/h6-7,9,14,21H,4-5,8,10-12H2,1-3H3,(H2,20,22)(H,23,27). The first-order valence-corrected chi connectivity index (χ1v) is 9.36. The first-order valence-electron chi connectivity index (χ1n) is 9.36. The monoisotopic (exact) mass is 391 g/mol. The van der Waals surface area contributed by atoms with E-state index in [4.69, 9.17) is 10.5 Å². The van der Waals surface area contributed by atoms with Crippen LogP contribution in [0.15, 0.2) is 18.3 Å². The molecule has 1 aromatic rings. The smallest absolute Gasteiger partial charge is 0.320 e. The number of nitrogens with two attached hydrogens (primary N) is 1. The molecule has 1 aliphatic heterocycles. The second-order valence-electron chi connectivity index (χ2n) is 7.74. The highest BCUT2D eigenvalue weighted by atomic mass is 16.6. The molecule has 0 aromatic carbocycles. The lowest BCUT2D eigenvalue weighted by molar-refractivity contribution is -0.153. The summed E-state index contributed by atoms with van der Waals surface area (Å²) in [4.78, 5) is 42.2. The van der Waals surface area contributed by atoms with Crippen LogP contribution in [0.3, 0.4) is 0 Å². The molecule has 0 aliphatic carbocycles. The van der Waals surface area contributed by atoms with Gasteiger partial charge in [0, 0.05) is 19.3 Å². The minimum atomic E-state index is -0.569. The average Bonchev–Trinajstić information content (AvgIpc) is 3.09. The number of esters is 1. The minimum Gasteiger partial charge on any atom is -0.459 e. The number of carbonyl (C=O) groups excluding carboxylic acids is 3. The largest absolute Gasteiger partial charge is 0.459 e. The Hall–Kier alpha value is -2.68. The Kier molecular flexibility index (Phi) is 7.33. The first kappa shape index (κ1) is 21.6. The summed E-state index contributed by atoms with van der Waals surface area (Å²) in [7, 11) is 0. The molecule has 154 valence electrons. The molecule has 2 rings (SSSR count). The van der Waals surface area contributed by atoms with Crippen LogP contribution in [0.5, 0.6) is 0 Å². The molecule has 2 amide bonds. The molecular weight excluding hydrogens is 362 g/mol. The van der Waals surface area contributed by atoms with Crippen molar-refractivity contribution in [2.75, 3.05) is 25.4 Å². The van der Waals surface area contributed by atoms with Crippen molar-refractivity contribution in [3.05, 3.63) is 23.9 Å². The number of hydrogen-bond donors (Lipinski definition) is 3. The van der Waals surface area contributed by atoms with Crippen molar-refractivity contribution in [2.24, 2.45) is 0 Å². The maximum Gasteiger partial charge on any atom is 0.320 e. The van der Waals surface area contributed by atoms with Crippen LogP contribution in [-0.4, -0.2) is 58.9 Å². The number of carbonyl (C=O) groups is 3. The zero-order valence-corrected chi connectivity index (χ0v) is 16.7. The van der Waals surface area contributed by atoms with E-state index in [1.807, 2.05) is 0 Å². The fraction of sp³-hybridized carbons (Fsp3) is 0.579. The van der Waals surface area contributed by atoms with Gasteiger partial charge in [-0.3, -0.25) is 19.7 Å². The van der Waals surface area contributed by atoms with Crippen LogP contribution in [0, 0.1) is 0 Å². The van der Waals surface area contributed by atoms with Crippen LogP contribution in [0.4, 0.5) is 5.82 Å². The number of likely N-dealkylation sites (tertiary alicyclic amines) is 1. The van der Waals surface area contributed by atoms with E-state index in [0.717, 1.165) is 12.0 Å². The molecule has 4 N–H and O–H groups in total. The normalized spacial score (nSPS) is 16.7. The lowest BCUT2D eigenvalue weighted by Crippen LogP contribution is -2.48. The summed E-state index contributed by atoms with van der Waals surface area (Å²) in [6.45, 7) is 6.11. The van der Waals surface area contributed by atoms with Crippen molar-refractivity contribution in [1.29, 1.82) is 0 Å². The molecule has 28 heavy (non-hydrogen) atoms. The molecule has 1 fully saturated rings. The molecule has 0 radical (unpaired) electrons. The summed E-state index contributed by atoms with van der Waals surface area (Å²) in [5.41, 5.74) is 5.81. The van der Waals surface area contributed by atoms with Crippen LogP contribution < -0.4 is 16.4 Å². The van der Waals surface area contributed by atoms with Crippen LogP contribution in [0.25, 0.3) is 0 Å². The number of nitrogens with zero attached hydrogens (tertiary/aromatic N) is 2. The number of amides is 2. The molecule has 0 saturated carbocycles. The van der Waals surface area contributed by atoms with E-state index in [-0.39, 0.29) is 24.9 Å². The Morgan fingerprint density at radius 2 is 2.04 bits per heavy atom. The Balaban J connectivity index is 1.78. The summed E-state index contributed by atoms with van der Waals surface area (Å²) < 4.78 is 5.18. The van der Waals surface area contributed by atoms with Gasteiger partial charge in [0.05, 0.1) is 13.1 Å². The topological polar surface area (TPSA) is 127 Å².